The molecule has 0 radical (unpaired) electrons. The van der Waals surface area contributed by atoms with Crippen molar-refractivity contribution in [1.29, 1.82) is 0 Å². The van der Waals surface area contributed by atoms with E-state index in [1.165, 1.54) is 18.6 Å². The van der Waals surface area contributed by atoms with Crippen molar-refractivity contribution in [3.63, 3.8) is 0 Å². The third-order valence-corrected chi connectivity index (χ3v) is 5.43. The Kier molecular flexibility index (Phi) is 5.81. The van der Waals surface area contributed by atoms with E-state index < -0.39 is 0 Å². The number of likely N-dealkylation sites (tertiary alicyclic amines) is 1. The summed E-state index contributed by atoms with van der Waals surface area (Å²) in [5, 5.41) is 0. The van der Waals surface area contributed by atoms with Crippen molar-refractivity contribution in [3.05, 3.63) is 72.1 Å². The van der Waals surface area contributed by atoms with Gasteiger partial charge >= 0.3 is 0 Å². The summed E-state index contributed by atoms with van der Waals surface area (Å²) in [7, 11) is 3.92. The van der Waals surface area contributed by atoms with Crippen molar-refractivity contribution in [2.75, 3.05) is 25.5 Å². The van der Waals surface area contributed by atoms with Gasteiger partial charge in [-0.1, -0.05) is 18.6 Å². The minimum Gasteiger partial charge on any atom is -0.347 e. The first-order valence-corrected chi connectivity index (χ1v) is 10.0. The van der Waals surface area contributed by atoms with E-state index >= 15 is 0 Å². The number of rotatable bonds is 5. The maximum Gasteiger partial charge on any atom is 0.225 e. The topological polar surface area (TPSA) is 45.2 Å². The number of aromatic nitrogens is 3. The summed E-state index contributed by atoms with van der Waals surface area (Å²) in [6.07, 6.45) is 8.91. The van der Waals surface area contributed by atoms with Crippen LogP contribution in [0.25, 0.3) is 11.1 Å². The van der Waals surface area contributed by atoms with Gasteiger partial charge in [0.2, 0.25) is 5.95 Å². The Bertz CT molecular complexity index is 943. The molecule has 1 aliphatic rings. The van der Waals surface area contributed by atoms with Crippen LogP contribution in [0.3, 0.4) is 0 Å². The Morgan fingerprint density at radius 2 is 1.83 bits per heavy atom. The summed E-state index contributed by atoms with van der Waals surface area (Å²) < 4.78 is 13.3. The molecule has 0 spiro atoms. The second-order valence-electron chi connectivity index (χ2n) is 7.71. The smallest absolute Gasteiger partial charge is 0.225 e. The summed E-state index contributed by atoms with van der Waals surface area (Å²) in [6.45, 7) is 1.78. The summed E-state index contributed by atoms with van der Waals surface area (Å²) in [6, 6.07) is 11.0. The predicted octanol–water partition coefficient (Wildman–Crippen LogP) is 4.47. The molecule has 0 N–H and O–H groups in total. The Morgan fingerprint density at radius 3 is 2.55 bits per heavy atom. The third kappa shape index (κ3) is 4.43. The SMILES string of the molecule is CN(C)c1ncc(-c2ccncc2)c(C2CCCCN2Cc2ccc(F)cc2)n1. The van der Waals surface area contributed by atoms with Crippen LogP contribution >= 0.6 is 0 Å². The van der Waals surface area contributed by atoms with Gasteiger partial charge in [-0.05, 0) is 54.8 Å². The van der Waals surface area contributed by atoms with Gasteiger partial charge in [-0.15, -0.1) is 0 Å². The second kappa shape index (κ2) is 8.66. The first-order chi connectivity index (χ1) is 14.1. The molecule has 0 bridgehead atoms. The summed E-state index contributed by atoms with van der Waals surface area (Å²) in [4.78, 5) is 18.1. The van der Waals surface area contributed by atoms with Crippen LogP contribution in [0.15, 0.2) is 55.0 Å². The molecule has 1 fully saturated rings. The van der Waals surface area contributed by atoms with Crippen LogP contribution in [-0.2, 0) is 6.54 Å². The lowest BCUT2D eigenvalue weighted by Gasteiger charge is -2.36. The fourth-order valence-electron chi connectivity index (χ4n) is 3.92. The lowest BCUT2D eigenvalue weighted by molar-refractivity contribution is 0.137. The standard InChI is InChI=1S/C23H26FN5/c1-28(2)23-26-15-20(18-10-12-25-13-11-18)22(27-23)21-5-3-4-14-29(21)16-17-6-8-19(24)9-7-17/h6-13,15,21H,3-5,14,16H2,1-2H3. The van der Waals surface area contributed by atoms with E-state index in [1.807, 2.05) is 49.5 Å². The van der Waals surface area contributed by atoms with Gasteiger partial charge in [0, 0.05) is 44.8 Å². The first-order valence-electron chi connectivity index (χ1n) is 10.0. The number of hydrogen-bond acceptors (Lipinski definition) is 5. The second-order valence-corrected chi connectivity index (χ2v) is 7.71. The number of nitrogens with zero attached hydrogens (tertiary/aromatic N) is 5. The number of anilines is 1. The molecule has 4 rings (SSSR count). The van der Waals surface area contributed by atoms with Gasteiger partial charge in [-0.3, -0.25) is 9.88 Å². The highest BCUT2D eigenvalue weighted by molar-refractivity contribution is 5.66. The molecule has 1 unspecified atom stereocenters. The largest absolute Gasteiger partial charge is 0.347 e. The van der Waals surface area contributed by atoms with Crippen LogP contribution in [-0.4, -0.2) is 40.5 Å². The van der Waals surface area contributed by atoms with E-state index in [1.54, 1.807) is 12.4 Å². The number of benzene rings is 1. The van der Waals surface area contributed by atoms with Crippen molar-refractivity contribution in [1.82, 2.24) is 19.9 Å². The summed E-state index contributed by atoms with van der Waals surface area (Å²) in [5.41, 5.74) is 4.30. The molecule has 0 aliphatic carbocycles. The van der Waals surface area contributed by atoms with Crippen LogP contribution in [0, 0.1) is 5.82 Å². The van der Waals surface area contributed by atoms with Crippen LogP contribution in [0.4, 0.5) is 10.3 Å². The molecule has 1 atom stereocenters. The van der Waals surface area contributed by atoms with Crippen molar-refractivity contribution in [3.8, 4) is 11.1 Å². The van der Waals surface area contributed by atoms with E-state index in [-0.39, 0.29) is 11.9 Å². The van der Waals surface area contributed by atoms with Crippen molar-refractivity contribution in [2.24, 2.45) is 0 Å². The average Bonchev–Trinajstić information content (AvgIpc) is 2.76. The molecule has 3 aromatic rings. The zero-order valence-electron chi connectivity index (χ0n) is 16.9. The van der Waals surface area contributed by atoms with Crippen molar-refractivity contribution < 1.29 is 4.39 Å². The van der Waals surface area contributed by atoms with Gasteiger partial charge in [0.1, 0.15) is 5.82 Å². The third-order valence-electron chi connectivity index (χ3n) is 5.43. The molecule has 2 aromatic heterocycles. The Balaban J connectivity index is 1.73. The Morgan fingerprint density at radius 1 is 1.07 bits per heavy atom. The lowest BCUT2D eigenvalue weighted by atomic mass is 9.93. The van der Waals surface area contributed by atoms with E-state index in [9.17, 15) is 4.39 Å². The highest BCUT2D eigenvalue weighted by Crippen LogP contribution is 2.37. The molecular formula is C23H26FN5. The molecular weight excluding hydrogens is 365 g/mol. The minimum absolute atomic E-state index is 0.193. The van der Waals surface area contributed by atoms with E-state index in [4.69, 9.17) is 4.98 Å². The molecule has 0 amide bonds. The number of hydrogen-bond donors (Lipinski definition) is 0. The molecule has 1 saturated heterocycles. The monoisotopic (exact) mass is 391 g/mol. The first kappa shape index (κ1) is 19.5. The normalized spacial score (nSPS) is 17.3. The molecule has 1 aliphatic heterocycles. The van der Waals surface area contributed by atoms with Gasteiger partial charge in [0.15, 0.2) is 0 Å². The maximum absolute atomic E-state index is 13.3. The average molecular weight is 391 g/mol. The van der Waals surface area contributed by atoms with Crippen LogP contribution < -0.4 is 4.90 Å². The molecule has 5 nitrogen and oxygen atoms in total. The maximum atomic E-state index is 13.3. The zero-order chi connectivity index (χ0) is 20.2. The van der Waals surface area contributed by atoms with Crippen LogP contribution in [0.1, 0.15) is 36.6 Å². The highest BCUT2D eigenvalue weighted by atomic mass is 19.1. The fraction of sp³-hybridized carbons (Fsp3) is 0.348. The number of piperidine rings is 1. The number of halogens is 1. The lowest BCUT2D eigenvalue weighted by Crippen LogP contribution is -2.34. The number of pyridine rings is 1. The van der Waals surface area contributed by atoms with Gasteiger partial charge in [0.25, 0.3) is 0 Å². The summed E-state index contributed by atoms with van der Waals surface area (Å²) >= 11 is 0. The molecule has 0 saturated carbocycles. The zero-order valence-corrected chi connectivity index (χ0v) is 16.9. The fourth-order valence-corrected chi connectivity index (χ4v) is 3.92. The van der Waals surface area contributed by atoms with Crippen molar-refractivity contribution >= 4 is 5.95 Å². The van der Waals surface area contributed by atoms with Gasteiger partial charge in [0.05, 0.1) is 11.7 Å². The van der Waals surface area contributed by atoms with Gasteiger partial charge in [-0.2, -0.15) is 0 Å². The Labute approximate surface area is 171 Å². The van der Waals surface area contributed by atoms with E-state index in [2.05, 4.69) is 14.9 Å². The Hall–Kier alpha value is -2.86. The quantitative estimate of drug-likeness (QED) is 0.642. The van der Waals surface area contributed by atoms with Crippen molar-refractivity contribution in [2.45, 2.75) is 31.8 Å². The molecule has 150 valence electrons. The van der Waals surface area contributed by atoms with Gasteiger partial charge in [-0.25, -0.2) is 14.4 Å². The van der Waals surface area contributed by atoms with Crippen LogP contribution in [0.5, 0.6) is 0 Å². The van der Waals surface area contributed by atoms with E-state index in [0.717, 1.165) is 48.3 Å². The highest BCUT2D eigenvalue weighted by Gasteiger charge is 2.28. The molecule has 1 aromatic carbocycles. The van der Waals surface area contributed by atoms with Crippen LogP contribution in [0.2, 0.25) is 0 Å². The van der Waals surface area contributed by atoms with Gasteiger partial charge < -0.3 is 4.90 Å². The molecule has 29 heavy (non-hydrogen) atoms. The molecule has 3 heterocycles. The predicted molar refractivity (Wildman–Crippen MR) is 113 cm³/mol. The van der Waals surface area contributed by atoms with E-state index in [0.29, 0.717) is 5.95 Å². The minimum atomic E-state index is -0.199. The summed E-state index contributed by atoms with van der Waals surface area (Å²) in [5.74, 6) is 0.514. The molecule has 6 heteroatoms.